The van der Waals surface area contributed by atoms with Gasteiger partial charge in [0, 0.05) is 7.11 Å². The fourth-order valence-electron chi connectivity index (χ4n) is 0.932. The number of halogens is 1. The Morgan fingerprint density at radius 2 is 1.71 bits per heavy atom. The zero-order valence-electron chi connectivity index (χ0n) is 10.8. The van der Waals surface area contributed by atoms with Crippen LogP contribution in [0.15, 0.2) is 36.4 Å². The Kier molecular flexibility index (Phi) is 10.8. The molecule has 0 spiro atoms. The van der Waals surface area contributed by atoms with Gasteiger partial charge in [-0.2, -0.15) is 0 Å². The summed E-state index contributed by atoms with van der Waals surface area (Å²) in [5, 5.41) is 0.632. The van der Waals surface area contributed by atoms with Gasteiger partial charge in [0.25, 0.3) is 0 Å². The van der Waals surface area contributed by atoms with E-state index in [0.29, 0.717) is 24.0 Å². The first-order valence-corrected chi connectivity index (χ1v) is 6.15. The van der Waals surface area contributed by atoms with E-state index in [-0.39, 0.29) is 0 Å². The van der Waals surface area contributed by atoms with Crippen LogP contribution in [0, 0.1) is 0 Å². The minimum absolute atomic E-state index is 0.507. The van der Waals surface area contributed by atoms with Crippen LogP contribution in [0.2, 0.25) is 5.02 Å². The van der Waals surface area contributed by atoms with E-state index in [2.05, 4.69) is 13.8 Å². The monoisotopic (exact) mass is 256 g/mol. The van der Waals surface area contributed by atoms with Gasteiger partial charge in [0.15, 0.2) is 0 Å². The smallest absolute Gasteiger partial charge is 0.138 e. The average Bonchev–Trinajstić information content (AvgIpc) is 2.32. The molecule has 2 nitrogen and oxygen atoms in total. The second-order valence-electron chi connectivity index (χ2n) is 3.38. The summed E-state index contributed by atoms with van der Waals surface area (Å²) in [7, 11) is 1.65. The molecule has 96 valence electrons. The van der Waals surface area contributed by atoms with Gasteiger partial charge in [-0.1, -0.05) is 50.1 Å². The molecular weight excluding hydrogens is 236 g/mol. The van der Waals surface area contributed by atoms with Gasteiger partial charge in [0.1, 0.15) is 12.4 Å². The molecule has 1 aromatic carbocycles. The van der Waals surface area contributed by atoms with Crippen LogP contribution < -0.4 is 4.74 Å². The summed E-state index contributed by atoms with van der Waals surface area (Å²) in [6.07, 6.45) is 5.05. The van der Waals surface area contributed by atoms with Gasteiger partial charge >= 0.3 is 0 Å². The van der Waals surface area contributed by atoms with Crippen molar-refractivity contribution in [1.82, 2.24) is 0 Å². The van der Waals surface area contributed by atoms with Crippen molar-refractivity contribution in [1.29, 1.82) is 0 Å². The zero-order chi connectivity index (χ0) is 12.9. The molecule has 0 amide bonds. The van der Waals surface area contributed by atoms with Crippen LogP contribution in [-0.2, 0) is 4.74 Å². The number of rotatable bonds is 5. The zero-order valence-corrected chi connectivity index (χ0v) is 11.5. The summed E-state index contributed by atoms with van der Waals surface area (Å²) in [6.45, 7) is 5.36. The fourth-order valence-corrected chi connectivity index (χ4v) is 1.12. The van der Waals surface area contributed by atoms with E-state index in [4.69, 9.17) is 21.1 Å². The van der Waals surface area contributed by atoms with Crippen molar-refractivity contribution in [2.45, 2.75) is 20.3 Å². The van der Waals surface area contributed by atoms with Gasteiger partial charge < -0.3 is 9.47 Å². The first-order valence-electron chi connectivity index (χ1n) is 5.77. The van der Waals surface area contributed by atoms with Crippen LogP contribution in [0.25, 0.3) is 0 Å². The largest absolute Gasteiger partial charge is 0.488 e. The molecule has 0 bridgehead atoms. The lowest BCUT2D eigenvalue weighted by atomic mass is 10.3. The predicted octanol–water partition coefficient (Wildman–Crippen LogP) is 4.34. The Bertz CT molecular complexity index is 311. The average molecular weight is 257 g/mol. The van der Waals surface area contributed by atoms with E-state index in [0.717, 1.165) is 0 Å². The van der Waals surface area contributed by atoms with Crippen molar-refractivity contribution in [3.05, 3.63) is 41.4 Å². The van der Waals surface area contributed by atoms with Crippen molar-refractivity contribution in [2.75, 3.05) is 20.3 Å². The summed E-state index contributed by atoms with van der Waals surface area (Å²) in [5.41, 5.74) is 0. The summed E-state index contributed by atoms with van der Waals surface area (Å²) >= 11 is 5.89. The van der Waals surface area contributed by atoms with Crippen LogP contribution in [0.5, 0.6) is 5.75 Å². The Morgan fingerprint density at radius 3 is 2.29 bits per heavy atom. The number of hydrogen-bond acceptors (Lipinski definition) is 2. The van der Waals surface area contributed by atoms with Gasteiger partial charge in [0.05, 0.1) is 11.6 Å². The van der Waals surface area contributed by atoms with E-state index in [9.17, 15) is 0 Å². The standard InChI is InChI=1S/C11H13ClO2.C3H8/c1-13-8-4-5-9-14-11-7-3-2-6-10(11)12;1-3-2/h2-7H,8-9H2,1H3;3H2,1-2H3/b5-4+;. The SMILES string of the molecule is CCC.COC/C=C/COc1ccccc1Cl. The van der Waals surface area contributed by atoms with Gasteiger partial charge in [-0.3, -0.25) is 0 Å². The van der Waals surface area contributed by atoms with E-state index >= 15 is 0 Å². The molecule has 0 saturated carbocycles. The third-order valence-electron chi connectivity index (χ3n) is 1.60. The summed E-state index contributed by atoms with van der Waals surface area (Å²) < 4.78 is 10.3. The lowest BCUT2D eigenvalue weighted by molar-refractivity contribution is 0.233. The van der Waals surface area contributed by atoms with Crippen LogP contribution in [0.1, 0.15) is 20.3 Å². The van der Waals surface area contributed by atoms with Gasteiger partial charge in [0.2, 0.25) is 0 Å². The molecule has 0 fully saturated rings. The Balaban J connectivity index is 0.000000770. The van der Waals surface area contributed by atoms with Crippen molar-refractivity contribution in [3.8, 4) is 5.75 Å². The summed E-state index contributed by atoms with van der Waals surface area (Å²) in [4.78, 5) is 0. The highest BCUT2D eigenvalue weighted by atomic mass is 35.5. The number of ether oxygens (including phenoxy) is 2. The fraction of sp³-hybridized carbons (Fsp3) is 0.429. The Labute approximate surface area is 109 Å². The molecule has 0 aliphatic rings. The van der Waals surface area contributed by atoms with Gasteiger partial charge in [-0.05, 0) is 18.2 Å². The topological polar surface area (TPSA) is 18.5 Å². The van der Waals surface area contributed by atoms with Crippen LogP contribution >= 0.6 is 11.6 Å². The molecule has 0 saturated heterocycles. The van der Waals surface area contributed by atoms with Crippen molar-refractivity contribution < 1.29 is 9.47 Å². The van der Waals surface area contributed by atoms with Crippen molar-refractivity contribution in [3.63, 3.8) is 0 Å². The van der Waals surface area contributed by atoms with E-state index in [1.54, 1.807) is 13.2 Å². The minimum Gasteiger partial charge on any atom is -0.488 e. The molecule has 0 unspecified atom stereocenters. The molecule has 0 aliphatic heterocycles. The van der Waals surface area contributed by atoms with E-state index in [1.165, 1.54) is 6.42 Å². The number of para-hydroxylation sites is 1. The molecule has 1 aromatic rings. The molecule has 0 radical (unpaired) electrons. The van der Waals surface area contributed by atoms with Gasteiger partial charge in [-0.15, -0.1) is 0 Å². The van der Waals surface area contributed by atoms with Crippen molar-refractivity contribution in [2.24, 2.45) is 0 Å². The third kappa shape index (κ3) is 8.78. The normalized spacial score (nSPS) is 9.88. The third-order valence-corrected chi connectivity index (χ3v) is 1.91. The molecule has 17 heavy (non-hydrogen) atoms. The van der Waals surface area contributed by atoms with E-state index in [1.807, 2.05) is 30.4 Å². The highest BCUT2D eigenvalue weighted by Crippen LogP contribution is 2.22. The molecule has 0 aliphatic carbocycles. The number of hydrogen-bond donors (Lipinski definition) is 0. The molecule has 1 rings (SSSR count). The first kappa shape index (κ1) is 16.0. The molecule has 0 N–H and O–H groups in total. The molecular formula is C14H21ClO2. The lowest BCUT2D eigenvalue weighted by Gasteiger charge is -2.04. The predicted molar refractivity (Wildman–Crippen MR) is 73.9 cm³/mol. The second-order valence-corrected chi connectivity index (χ2v) is 3.78. The summed E-state index contributed by atoms with van der Waals surface area (Å²) in [6, 6.07) is 7.40. The maximum absolute atomic E-state index is 5.89. The maximum atomic E-state index is 5.89. The molecule has 0 aromatic heterocycles. The number of methoxy groups -OCH3 is 1. The highest BCUT2D eigenvalue weighted by molar-refractivity contribution is 6.32. The first-order chi connectivity index (χ1) is 8.26. The lowest BCUT2D eigenvalue weighted by Crippen LogP contribution is -1.94. The second kappa shape index (κ2) is 11.5. The van der Waals surface area contributed by atoms with Crippen LogP contribution in [-0.4, -0.2) is 20.3 Å². The van der Waals surface area contributed by atoms with E-state index < -0.39 is 0 Å². The summed E-state index contributed by atoms with van der Waals surface area (Å²) in [5.74, 6) is 0.705. The van der Waals surface area contributed by atoms with Crippen LogP contribution in [0.4, 0.5) is 0 Å². The molecule has 0 atom stereocenters. The maximum Gasteiger partial charge on any atom is 0.138 e. The Hall–Kier alpha value is -0.990. The Morgan fingerprint density at radius 1 is 1.12 bits per heavy atom. The van der Waals surface area contributed by atoms with Crippen molar-refractivity contribution >= 4 is 11.6 Å². The quantitative estimate of drug-likeness (QED) is 0.730. The van der Waals surface area contributed by atoms with Gasteiger partial charge in [-0.25, -0.2) is 0 Å². The minimum atomic E-state index is 0.507. The number of benzene rings is 1. The highest BCUT2D eigenvalue weighted by Gasteiger charge is 1.96. The molecule has 0 heterocycles. The van der Waals surface area contributed by atoms with Crippen LogP contribution in [0.3, 0.4) is 0 Å². The molecule has 3 heteroatoms.